The molecule has 4 atom stereocenters. The van der Waals surface area contributed by atoms with Gasteiger partial charge in [0.1, 0.15) is 24.9 Å². The lowest BCUT2D eigenvalue weighted by molar-refractivity contribution is -0.235. The molecule has 0 aliphatic carbocycles. The van der Waals surface area contributed by atoms with Gasteiger partial charge in [-0.25, -0.2) is 4.79 Å². The van der Waals surface area contributed by atoms with Crippen LogP contribution < -0.4 is 0 Å². The number of carbonyl (C=O) groups is 1. The van der Waals surface area contributed by atoms with Crippen molar-refractivity contribution >= 4 is 5.97 Å². The van der Waals surface area contributed by atoms with Crippen molar-refractivity contribution in [1.82, 2.24) is 0 Å². The Bertz CT molecular complexity index is 876. The summed E-state index contributed by atoms with van der Waals surface area (Å²) in [5.74, 6) is -0.527. The first-order valence-corrected chi connectivity index (χ1v) is 10.5. The fourth-order valence-corrected chi connectivity index (χ4v) is 3.34. The number of ether oxygens (including phenoxy) is 5. The predicted molar refractivity (Wildman–Crippen MR) is 115 cm³/mol. The van der Waals surface area contributed by atoms with E-state index in [4.69, 9.17) is 29.2 Å². The van der Waals surface area contributed by atoms with Crippen LogP contribution in [0, 0.1) is 0 Å². The highest BCUT2D eigenvalue weighted by atomic mass is 16.6. The van der Waals surface area contributed by atoms with Crippen LogP contribution in [0.1, 0.15) is 18.1 Å². The van der Waals surface area contributed by atoms with Crippen molar-refractivity contribution in [2.75, 3.05) is 19.8 Å². The minimum atomic E-state index is -0.966. The van der Waals surface area contributed by atoms with Gasteiger partial charge in [0.15, 0.2) is 6.23 Å². The fourth-order valence-electron chi connectivity index (χ4n) is 3.34. The molecule has 0 aromatic heterocycles. The number of hydrogen-bond acceptors (Lipinski definition) is 7. The van der Waals surface area contributed by atoms with Crippen LogP contribution in [0.15, 0.2) is 65.8 Å². The van der Waals surface area contributed by atoms with Crippen LogP contribution >= 0.6 is 0 Å². The molecular weight excluding hydrogens is 414 g/mol. The summed E-state index contributed by atoms with van der Waals surface area (Å²) in [5, 5.41) is 3.69. The van der Waals surface area contributed by atoms with Gasteiger partial charge in [-0.15, -0.1) is 0 Å². The Morgan fingerprint density at radius 3 is 2.22 bits per heavy atom. The Labute approximate surface area is 186 Å². The minimum Gasteiger partial charge on any atom is -0.464 e. The van der Waals surface area contributed by atoms with Crippen molar-refractivity contribution in [2.45, 2.75) is 44.7 Å². The monoisotopic (exact) mass is 441 g/mol. The Morgan fingerprint density at radius 2 is 1.62 bits per heavy atom. The summed E-state index contributed by atoms with van der Waals surface area (Å²) < 4.78 is 28.7. The van der Waals surface area contributed by atoms with Crippen molar-refractivity contribution in [2.24, 2.45) is 5.11 Å². The zero-order valence-corrected chi connectivity index (χ0v) is 17.9. The van der Waals surface area contributed by atoms with E-state index < -0.39 is 30.5 Å². The largest absolute Gasteiger partial charge is 0.464 e. The molecule has 1 fully saturated rings. The van der Waals surface area contributed by atoms with Gasteiger partial charge in [-0.2, -0.15) is 0 Å². The van der Waals surface area contributed by atoms with Crippen molar-refractivity contribution in [3.8, 4) is 0 Å². The van der Waals surface area contributed by atoms with Gasteiger partial charge in [0, 0.05) is 4.91 Å². The maximum absolute atomic E-state index is 11.9. The quantitative estimate of drug-likeness (QED) is 0.227. The Morgan fingerprint density at radius 1 is 1.00 bits per heavy atom. The molecule has 0 amide bonds. The van der Waals surface area contributed by atoms with Gasteiger partial charge >= 0.3 is 5.97 Å². The molecule has 2 aromatic rings. The van der Waals surface area contributed by atoms with Gasteiger partial charge in [0.25, 0.3) is 0 Å². The van der Waals surface area contributed by atoms with E-state index in [9.17, 15) is 4.79 Å². The summed E-state index contributed by atoms with van der Waals surface area (Å²) in [4.78, 5) is 14.7. The van der Waals surface area contributed by atoms with E-state index in [1.54, 1.807) is 6.92 Å². The molecule has 170 valence electrons. The van der Waals surface area contributed by atoms with Crippen LogP contribution in [0.25, 0.3) is 10.4 Å². The van der Waals surface area contributed by atoms with Crippen molar-refractivity contribution in [1.29, 1.82) is 0 Å². The summed E-state index contributed by atoms with van der Waals surface area (Å²) in [6.45, 7) is 2.41. The molecule has 0 N–H and O–H groups in total. The summed E-state index contributed by atoms with van der Waals surface area (Å²) >= 11 is 0. The fraction of sp³-hybridized carbons (Fsp3) is 0.435. The molecule has 0 unspecified atom stereocenters. The standard InChI is InChI=1S/C23H27N3O6/c1-2-28-20(27)16-31-22-21(30-14-18-11-7-4-8-12-18)19(15-32-23(22)25-26-24)29-13-17-9-5-3-6-10-17/h3-12,19,21-23H,2,13-16H2,1H3/t19-,21-,22+,23+/m0/s1. The van der Waals surface area contributed by atoms with Crippen molar-refractivity contribution in [3.05, 3.63) is 82.2 Å². The van der Waals surface area contributed by atoms with Gasteiger partial charge in [-0.05, 0) is 23.6 Å². The normalized spacial score (nSPS) is 22.7. The third-order valence-electron chi connectivity index (χ3n) is 4.86. The maximum atomic E-state index is 11.9. The first-order valence-electron chi connectivity index (χ1n) is 10.5. The Hall–Kier alpha value is -2.94. The molecule has 9 heteroatoms. The van der Waals surface area contributed by atoms with Crippen LogP contribution in [-0.4, -0.2) is 50.3 Å². The smallest absolute Gasteiger partial charge is 0.332 e. The lowest BCUT2D eigenvalue weighted by Gasteiger charge is -2.40. The molecule has 0 bridgehead atoms. The van der Waals surface area contributed by atoms with Crippen molar-refractivity contribution in [3.63, 3.8) is 0 Å². The topological polar surface area (TPSA) is 112 Å². The number of benzene rings is 2. The second-order valence-corrected chi connectivity index (χ2v) is 7.11. The highest BCUT2D eigenvalue weighted by molar-refractivity contribution is 5.70. The number of carbonyl (C=O) groups excluding carboxylic acids is 1. The highest BCUT2D eigenvalue weighted by Crippen LogP contribution is 2.26. The minimum absolute atomic E-state index is 0.148. The van der Waals surface area contributed by atoms with E-state index in [-0.39, 0.29) is 19.8 Å². The van der Waals surface area contributed by atoms with E-state index in [0.29, 0.717) is 13.2 Å². The lowest BCUT2D eigenvalue weighted by Crippen LogP contribution is -2.55. The molecular formula is C23H27N3O6. The number of esters is 1. The van der Waals surface area contributed by atoms with Crippen LogP contribution in [0.4, 0.5) is 0 Å². The molecule has 1 aliphatic heterocycles. The molecule has 3 rings (SSSR count). The average molecular weight is 441 g/mol. The van der Waals surface area contributed by atoms with Crippen LogP contribution in [0.5, 0.6) is 0 Å². The van der Waals surface area contributed by atoms with Gasteiger partial charge in [-0.3, -0.25) is 0 Å². The van der Waals surface area contributed by atoms with Crippen molar-refractivity contribution < 1.29 is 28.5 Å². The molecule has 0 radical (unpaired) electrons. The Balaban J connectivity index is 1.76. The molecule has 2 aromatic carbocycles. The van der Waals surface area contributed by atoms with Crippen LogP contribution in [-0.2, 0) is 41.7 Å². The number of hydrogen-bond donors (Lipinski definition) is 0. The molecule has 0 saturated carbocycles. The summed E-state index contributed by atoms with van der Waals surface area (Å²) in [5.41, 5.74) is 10.9. The molecule has 1 saturated heterocycles. The van der Waals surface area contributed by atoms with Crippen LogP contribution in [0.3, 0.4) is 0 Å². The van der Waals surface area contributed by atoms with E-state index in [0.717, 1.165) is 11.1 Å². The third-order valence-corrected chi connectivity index (χ3v) is 4.86. The van der Waals surface area contributed by atoms with Gasteiger partial charge in [0.2, 0.25) is 0 Å². The van der Waals surface area contributed by atoms with Gasteiger partial charge < -0.3 is 23.7 Å². The molecule has 9 nitrogen and oxygen atoms in total. The van der Waals surface area contributed by atoms with Gasteiger partial charge in [-0.1, -0.05) is 65.8 Å². The SMILES string of the molecule is CCOC(=O)CO[C@@H]1[C@@H](OCc2ccccc2)[C@@H](OCc2ccccc2)CO[C@H]1N=[N+]=[N-]. The van der Waals surface area contributed by atoms with E-state index in [1.165, 1.54) is 0 Å². The third kappa shape index (κ3) is 7.05. The number of rotatable bonds is 11. The Kier molecular flexibility index (Phi) is 9.49. The molecule has 1 heterocycles. The first-order chi connectivity index (χ1) is 15.7. The predicted octanol–water partition coefficient (Wildman–Crippen LogP) is 3.77. The molecule has 1 aliphatic rings. The zero-order chi connectivity index (χ0) is 22.6. The second kappa shape index (κ2) is 12.8. The van der Waals surface area contributed by atoms with E-state index >= 15 is 0 Å². The maximum Gasteiger partial charge on any atom is 0.332 e. The van der Waals surface area contributed by atoms with E-state index in [2.05, 4.69) is 10.0 Å². The number of nitrogens with zero attached hydrogens (tertiary/aromatic N) is 3. The summed E-state index contributed by atoms with van der Waals surface area (Å²) in [7, 11) is 0. The number of azide groups is 1. The average Bonchev–Trinajstić information content (AvgIpc) is 2.83. The first kappa shape index (κ1) is 23.7. The lowest BCUT2D eigenvalue weighted by atomic mass is 10.0. The zero-order valence-electron chi connectivity index (χ0n) is 17.9. The molecule has 32 heavy (non-hydrogen) atoms. The van der Waals surface area contributed by atoms with Gasteiger partial charge in [0.05, 0.1) is 26.4 Å². The van der Waals surface area contributed by atoms with Crippen LogP contribution in [0.2, 0.25) is 0 Å². The summed E-state index contributed by atoms with van der Waals surface area (Å²) in [6, 6.07) is 19.4. The van der Waals surface area contributed by atoms with E-state index in [1.807, 2.05) is 60.7 Å². The highest BCUT2D eigenvalue weighted by Gasteiger charge is 2.43. The second-order valence-electron chi connectivity index (χ2n) is 7.11. The molecule has 0 spiro atoms. The summed E-state index contributed by atoms with van der Waals surface area (Å²) in [6.07, 6.45) is -2.96.